The van der Waals surface area contributed by atoms with Crippen LogP contribution in [0.15, 0.2) is 134 Å². The number of hydrogen-bond acceptors (Lipinski definition) is 7. The Morgan fingerprint density at radius 2 is 0.606 bits per heavy atom. The molecule has 10 heteroatoms. The van der Waals surface area contributed by atoms with E-state index in [1.165, 1.54) is 180 Å². The van der Waals surface area contributed by atoms with Gasteiger partial charge in [0.1, 0.15) is 19.8 Å². The zero-order valence-electron chi connectivity index (χ0n) is 61.7. The number of allylic oxidation sites excluding steroid dienone is 22. The lowest BCUT2D eigenvalue weighted by Crippen LogP contribution is -2.37. The van der Waals surface area contributed by atoms with Gasteiger partial charge in [-0.3, -0.25) is 18.6 Å². The van der Waals surface area contributed by atoms with Crippen molar-refractivity contribution >= 4 is 19.8 Å². The predicted molar refractivity (Wildman–Crippen MR) is 408 cm³/mol. The molecule has 1 N–H and O–H groups in total. The maximum atomic E-state index is 12.9. The lowest BCUT2D eigenvalue weighted by Gasteiger charge is -2.24. The van der Waals surface area contributed by atoms with Crippen LogP contribution >= 0.6 is 7.82 Å². The van der Waals surface area contributed by atoms with E-state index in [1.54, 1.807) is 0 Å². The van der Waals surface area contributed by atoms with Gasteiger partial charge in [-0.1, -0.05) is 340 Å². The number of hydrogen-bond donors (Lipinski definition) is 1. The van der Waals surface area contributed by atoms with Crippen molar-refractivity contribution in [3.8, 4) is 0 Å². The Hall–Kier alpha value is -3.85. The Balaban J connectivity index is 4.06. The predicted octanol–water partition coefficient (Wildman–Crippen LogP) is 25.9. The summed E-state index contributed by atoms with van der Waals surface area (Å²) in [5.74, 6) is -0.810. The van der Waals surface area contributed by atoms with Crippen molar-refractivity contribution in [2.75, 3.05) is 47.5 Å². The highest BCUT2D eigenvalue weighted by atomic mass is 31.2. The number of quaternary nitrogens is 1. The molecule has 0 bridgehead atoms. The number of ether oxygens (including phenoxy) is 2. The van der Waals surface area contributed by atoms with E-state index in [2.05, 4.69) is 148 Å². The fraction of sp³-hybridized carbons (Fsp3) is 0.714. The molecule has 0 fully saturated rings. The summed E-state index contributed by atoms with van der Waals surface area (Å²) in [5, 5.41) is 0. The first-order valence-electron chi connectivity index (χ1n) is 38.9. The third kappa shape index (κ3) is 77.2. The van der Waals surface area contributed by atoms with Crippen LogP contribution in [-0.2, 0) is 32.7 Å². The van der Waals surface area contributed by atoms with Gasteiger partial charge in [-0.25, -0.2) is 4.57 Å². The molecule has 2 atom stereocenters. The maximum absolute atomic E-state index is 12.9. The van der Waals surface area contributed by atoms with Gasteiger partial charge in [-0.15, -0.1) is 0 Å². The molecule has 0 amide bonds. The average molecular weight is 1330 g/mol. The highest BCUT2D eigenvalue weighted by Crippen LogP contribution is 2.43. The molecule has 0 aromatic rings. The van der Waals surface area contributed by atoms with Crippen molar-refractivity contribution in [2.45, 2.75) is 341 Å². The summed E-state index contributed by atoms with van der Waals surface area (Å²) in [7, 11) is 1.46. The van der Waals surface area contributed by atoms with Crippen molar-refractivity contribution in [3.05, 3.63) is 134 Å². The molecule has 0 aliphatic heterocycles. The maximum Gasteiger partial charge on any atom is 0.472 e. The summed E-state index contributed by atoms with van der Waals surface area (Å²) in [6.07, 6.45) is 107. The van der Waals surface area contributed by atoms with E-state index in [4.69, 9.17) is 18.5 Å². The fourth-order valence-corrected chi connectivity index (χ4v) is 11.5. The average Bonchev–Trinajstić information content (AvgIpc) is 1.56. The van der Waals surface area contributed by atoms with Crippen LogP contribution in [0.2, 0.25) is 0 Å². The fourth-order valence-electron chi connectivity index (χ4n) is 10.7. The Morgan fingerprint density at radius 3 is 0.915 bits per heavy atom. The first-order chi connectivity index (χ1) is 46.0. The van der Waals surface area contributed by atoms with Crippen LogP contribution in [0, 0.1) is 0 Å². The SMILES string of the molecule is CC/C=C\C/C=C\C/C=C\C/C=C\C/C=C\C/C=C\C/C=C\C/C=C\C/C=C\C/C=C\CCCCCCCCC(=O)OC(COC(=O)CCCCCCCCCCCCCCCCCCCCCCC/C=C\CCCCCCCCCC)COP(=O)(O)OCC[N+](C)(C)C. The number of likely N-dealkylation sites (N-methyl/N-ethyl adjacent to an activating group) is 1. The number of esters is 2. The molecule has 540 valence electrons. The Labute approximate surface area is 581 Å². The topological polar surface area (TPSA) is 108 Å². The third-order valence-corrected chi connectivity index (χ3v) is 17.6. The summed E-state index contributed by atoms with van der Waals surface area (Å²) < 4.78 is 34.8. The van der Waals surface area contributed by atoms with Crippen molar-refractivity contribution in [1.82, 2.24) is 0 Å². The minimum Gasteiger partial charge on any atom is -0.462 e. The molecule has 0 spiro atoms. The van der Waals surface area contributed by atoms with Gasteiger partial charge in [-0.05, 0) is 116 Å². The number of phosphoric ester groups is 1. The molecule has 0 aliphatic rings. The molecule has 0 saturated carbocycles. The van der Waals surface area contributed by atoms with E-state index in [9.17, 15) is 19.0 Å². The quantitative estimate of drug-likeness (QED) is 0.0211. The molecule has 0 radical (unpaired) electrons. The molecular formula is C84H147NO8P+. The molecular weight excluding hydrogens is 1180 g/mol. The standard InChI is InChI=1S/C84H146NO8P/c1-6-8-10-12-14-16-18-20-22-24-26-28-30-32-34-36-38-40-41-42-43-45-47-49-51-53-55-57-59-61-63-65-67-69-71-73-75-77-84(87)93-82(81-92-94(88,89)91-79-78-85(3,4)5)80-90-83(86)76-74-72-70-68-66-64-62-60-58-56-54-52-50-48-46-44-39-37-35-33-31-29-27-25-23-21-19-17-15-13-11-9-7-2/h8,10,14,16,20,22,25-28,32,34,38,40,42-43,47,49,53,55,59,61,82H,6-7,9,11-13,15,17-19,21,23-24,29-31,33,35-37,39,41,44-46,48,50-52,54,56-58,60,62-81H2,1-5H3/p+1/b10-8-,16-14-,22-20-,27-25-,28-26-,34-32-,40-38-,43-42-,49-47-,55-53-,61-59-. The van der Waals surface area contributed by atoms with Gasteiger partial charge >= 0.3 is 19.8 Å². The van der Waals surface area contributed by atoms with Crippen LogP contribution in [0.4, 0.5) is 0 Å². The van der Waals surface area contributed by atoms with Gasteiger partial charge in [0.25, 0.3) is 0 Å². The first-order valence-corrected chi connectivity index (χ1v) is 40.4. The Bertz CT molecular complexity index is 2050. The second kappa shape index (κ2) is 73.4. The van der Waals surface area contributed by atoms with Crippen molar-refractivity contribution < 1.29 is 42.1 Å². The lowest BCUT2D eigenvalue weighted by atomic mass is 10.0. The van der Waals surface area contributed by atoms with E-state index in [-0.39, 0.29) is 32.0 Å². The number of rotatable bonds is 71. The highest BCUT2D eigenvalue weighted by molar-refractivity contribution is 7.47. The second-order valence-corrected chi connectivity index (χ2v) is 28.5. The summed E-state index contributed by atoms with van der Waals surface area (Å²) >= 11 is 0. The van der Waals surface area contributed by atoms with Crippen LogP contribution in [0.3, 0.4) is 0 Å². The molecule has 9 nitrogen and oxygen atoms in total. The monoisotopic (exact) mass is 1330 g/mol. The van der Waals surface area contributed by atoms with E-state index < -0.39 is 26.5 Å². The van der Waals surface area contributed by atoms with Crippen LogP contribution < -0.4 is 0 Å². The van der Waals surface area contributed by atoms with E-state index >= 15 is 0 Å². The zero-order valence-corrected chi connectivity index (χ0v) is 62.6. The number of unbranched alkanes of at least 4 members (excludes halogenated alkanes) is 35. The Morgan fingerprint density at radius 1 is 0.340 bits per heavy atom. The lowest BCUT2D eigenvalue weighted by molar-refractivity contribution is -0.870. The van der Waals surface area contributed by atoms with Crippen molar-refractivity contribution in [2.24, 2.45) is 0 Å². The molecule has 0 aliphatic carbocycles. The smallest absolute Gasteiger partial charge is 0.462 e. The minimum absolute atomic E-state index is 0.0235. The number of nitrogens with zero attached hydrogens (tertiary/aromatic N) is 1. The zero-order chi connectivity index (χ0) is 68.3. The molecule has 2 unspecified atom stereocenters. The Kier molecular flexibility index (Phi) is 70.4. The normalized spacial score (nSPS) is 13.8. The van der Waals surface area contributed by atoms with Gasteiger partial charge in [0.2, 0.25) is 0 Å². The van der Waals surface area contributed by atoms with Crippen LogP contribution in [0.25, 0.3) is 0 Å². The van der Waals surface area contributed by atoms with Gasteiger partial charge in [0.15, 0.2) is 6.10 Å². The number of phosphoric acid groups is 1. The van der Waals surface area contributed by atoms with Crippen LogP contribution in [0.1, 0.15) is 335 Å². The van der Waals surface area contributed by atoms with Gasteiger partial charge in [-0.2, -0.15) is 0 Å². The van der Waals surface area contributed by atoms with Gasteiger partial charge in [0, 0.05) is 12.8 Å². The number of carbonyl (C=O) groups is 2. The van der Waals surface area contributed by atoms with Crippen molar-refractivity contribution in [1.29, 1.82) is 0 Å². The second-order valence-electron chi connectivity index (χ2n) is 27.0. The highest BCUT2D eigenvalue weighted by Gasteiger charge is 2.27. The molecule has 0 saturated heterocycles. The van der Waals surface area contributed by atoms with Gasteiger partial charge in [0.05, 0.1) is 27.7 Å². The summed E-state index contributed by atoms with van der Waals surface area (Å²) in [4.78, 5) is 36.0. The van der Waals surface area contributed by atoms with Gasteiger partial charge < -0.3 is 18.9 Å². The van der Waals surface area contributed by atoms with E-state index in [0.717, 1.165) is 122 Å². The molecule has 0 heterocycles. The molecule has 0 aromatic carbocycles. The van der Waals surface area contributed by atoms with Crippen molar-refractivity contribution in [3.63, 3.8) is 0 Å². The largest absolute Gasteiger partial charge is 0.472 e. The summed E-state index contributed by atoms with van der Waals surface area (Å²) in [6, 6.07) is 0. The van der Waals surface area contributed by atoms with Crippen LogP contribution in [-0.4, -0.2) is 74.9 Å². The number of carbonyl (C=O) groups excluding carboxylic acids is 2. The first kappa shape index (κ1) is 90.2. The summed E-state index contributed by atoms with van der Waals surface area (Å²) in [5.41, 5.74) is 0. The van der Waals surface area contributed by atoms with Crippen LogP contribution in [0.5, 0.6) is 0 Å². The van der Waals surface area contributed by atoms with E-state index in [0.29, 0.717) is 17.4 Å². The molecule has 0 rings (SSSR count). The van der Waals surface area contributed by atoms with E-state index in [1.807, 2.05) is 21.1 Å². The summed E-state index contributed by atoms with van der Waals surface area (Å²) in [6.45, 7) is 4.33. The third-order valence-electron chi connectivity index (χ3n) is 16.7. The molecule has 0 aromatic heterocycles. The minimum atomic E-state index is -4.41. The molecule has 94 heavy (non-hydrogen) atoms.